The Labute approximate surface area is 92.7 Å². The second-order valence-corrected chi connectivity index (χ2v) is 3.19. The van der Waals surface area contributed by atoms with Gasteiger partial charge in [-0.3, -0.25) is 10.1 Å². The number of nitrogens with two attached hydrogens (primary N) is 1. The standard InChI is InChI=1S/C10H13N3O3/c1-6-8(12-7(2)14)4-3-5-9(6)13-10(15)16-11/h3-5H,11H2,1-2H3,(H,12,14)(H,13,15). The number of carbonyl (C=O) groups excluding carboxylic acids is 2. The Morgan fingerprint density at radius 3 is 2.31 bits per heavy atom. The molecule has 0 atom stereocenters. The van der Waals surface area contributed by atoms with Gasteiger partial charge < -0.3 is 10.2 Å². The molecule has 86 valence electrons. The van der Waals surface area contributed by atoms with Crippen molar-refractivity contribution < 1.29 is 14.4 Å². The summed E-state index contributed by atoms with van der Waals surface area (Å²) in [6.07, 6.45) is -0.761. The van der Waals surface area contributed by atoms with Crippen LogP contribution in [0.25, 0.3) is 0 Å². The van der Waals surface area contributed by atoms with Crippen molar-refractivity contribution in [2.75, 3.05) is 10.6 Å². The number of hydrogen-bond acceptors (Lipinski definition) is 4. The molecule has 0 unspecified atom stereocenters. The molecule has 0 aromatic heterocycles. The average Bonchev–Trinajstić information content (AvgIpc) is 2.23. The van der Waals surface area contributed by atoms with Gasteiger partial charge in [-0.15, -0.1) is 0 Å². The second kappa shape index (κ2) is 5.13. The molecular weight excluding hydrogens is 210 g/mol. The maximum Gasteiger partial charge on any atom is 0.430 e. The Morgan fingerprint density at radius 2 is 1.81 bits per heavy atom. The van der Waals surface area contributed by atoms with Crippen molar-refractivity contribution in [2.45, 2.75) is 13.8 Å². The quantitative estimate of drug-likeness (QED) is 0.660. The van der Waals surface area contributed by atoms with E-state index in [0.29, 0.717) is 11.4 Å². The first kappa shape index (κ1) is 12.0. The van der Waals surface area contributed by atoms with Crippen molar-refractivity contribution in [3.05, 3.63) is 23.8 Å². The Morgan fingerprint density at radius 1 is 1.25 bits per heavy atom. The minimum absolute atomic E-state index is 0.179. The molecule has 6 heteroatoms. The van der Waals surface area contributed by atoms with E-state index in [1.165, 1.54) is 6.92 Å². The maximum absolute atomic E-state index is 10.9. The Balaban J connectivity index is 2.94. The number of anilines is 2. The topological polar surface area (TPSA) is 93.5 Å². The van der Waals surface area contributed by atoms with Gasteiger partial charge in [0.1, 0.15) is 0 Å². The number of nitrogens with one attached hydrogen (secondary N) is 2. The summed E-state index contributed by atoms with van der Waals surface area (Å²) in [5.41, 5.74) is 1.88. The Bertz CT molecular complexity index is 418. The third-order valence-electron chi connectivity index (χ3n) is 1.99. The highest BCUT2D eigenvalue weighted by Crippen LogP contribution is 2.23. The van der Waals surface area contributed by atoms with Crippen LogP contribution in [0.15, 0.2) is 18.2 Å². The molecule has 2 amide bonds. The van der Waals surface area contributed by atoms with Crippen molar-refractivity contribution in [1.82, 2.24) is 0 Å². The highest BCUT2D eigenvalue weighted by Gasteiger charge is 2.08. The molecule has 0 heterocycles. The number of carbonyl (C=O) groups is 2. The van der Waals surface area contributed by atoms with E-state index in [-0.39, 0.29) is 5.91 Å². The lowest BCUT2D eigenvalue weighted by atomic mass is 10.1. The van der Waals surface area contributed by atoms with E-state index in [9.17, 15) is 9.59 Å². The molecule has 0 fully saturated rings. The van der Waals surface area contributed by atoms with Crippen LogP contribution < -0.4 is 16.5 Å². The van der Waals surface area contributed by atoms with Gasteiger partial charge in [-0.05, 0) is 24.6 Å². The zero-order valence-corrected chi connectivity index (χ0v) is 9.03. The minimum atomic E-state index is -0.761. The van der Waals surface area contributed by atoms with Crippen molar-refractivity contribution in [1.29, 1.82) is 0 Å². The van der Waals surface area contributed by atoms with Crippen LogP contribution in [-0.2, 0) is 9.63 Å². The van der Waals surface area contributed by atoms with Gasteiger partial charge in [-0.1, -0.05) is 6.07 Å². The van der Waals surface area contributed by atoms with Gasteiger partial charge in [0.2, 0.25) is 5.91 Å². The molecule has 0 aliphatic rings. The Hall–Kier alpha value is -2.08. The van der Waals surface area contributed by atoms with Crippen LogP contribution in [0.2, 0.25) is 0 Å². The zero-order chi connectivity index (χ0) is 12.1. The van der Waals surface area contributed by atoms with E-state index in [1.54, 1.807) is 25.1 Å². The molecule has 6 nitrogen and oxygen atoms in total. The maximum atomic E-state index is 10.9. The first-order valence-corrected chi connectivity index (χ1v) is 4.59. The highest BCUT2D eigenvalue weighted by atomic mass is 16.7. The van der Waals surface area contributed by atoms with E-state index in [4.69, 9.17) is 5.90 Å². The Kier molecular flexibility index (Phi) is 3.84. The van der Waals surface area contributed by atoms with Gasteiger partial charge in [0.25, 0.3) is 0 Å². The number of benzene rings is 1. The summed E-state index contributed by atoms with van der Waals surface area (Å²) < 4.78 is 0. The largest absolute Gasteiger partial charge is 0.430 e. The van der Waals surface area contributed by atoms with Gasteiger partial charge >= 0.3 is 6.09 Å². The van der Waals surface area contributed by atoms with Crippen LogP contribution in [-0.4, -0.2) is 12.0 Å². The van der Waals surface area contributed by atoms with E-state index in [0.717, 1.165) is 5.56 Å². The fourth-order valence-corrected chi connectivity index (χ4v) is 1.24. The van der Waals surface area contributed by atoms with Crippen LogP contribution in [0.1, 0.15) is 12.5 Å². The smallest absolute Gasteiger partial charge is 0.357 e. The summed E-state index contributed by atoms with van der Waals surface area (Å²) in [6, 6.07) is 5.11. The molecule has 0 spiro atoms. The molecule has 1 aromatic rings. The number of rotatable bonds is 2. The van der Waals surface area contributed by atoms with Crippen LogP contribution in [0.3, 0.4) is 0 Å². The van der Waals surface area contributed by atoms with Gasteiger partial charge in [0, 0.05) is 18.3 Å². The molecule has 0 saturated heterocycles. The second-order valence-electron chi connectivity index (χ2n) is 3.19. The summed E-state index contributed by atoms with van der Waals surface area (Å²) in [6.45, 7) is 3.17. The van der Waals surface area contributed by atoms with Gasteiger partial charge in [-0.25, -0.2) is 4.79 Å². The lowest BCUT2D eigenvalue weighted by molar-refractivity contribution is -0.114. The predicted molar refractivity (Wildman–Crippen MR) is 59.8 cm³/mol. The number of hydrogen-bond donors (Lipinski definition) is 3. The molecule has 0 radical (unpaired) electrons. The fourth-order valence-electron chi connectivity index (χ4n) is 1.24. The molecule has 0 bridgehead atoms. The normalized spacial score (nSPS) is 9.44. The molecule has 0 aliphatic heterocycles. The monoisotopic (exact) mass is 223 g/mol. The van der Waals surface area contributed by atoms with E-state index in [2.05, 4.69) is 15.5 Å². The predicted octanol–water partition coefficient (Wildman–Crippen LogP) is 1.38. The molecule has 16 heavy (non-hydrogen) atoms. The van der Waals surface area contributed by atoms with Crippen LogP contribution in [0, 0.1) is 6.92 Å². The number of amides is 2. The molecule has 1 aromatic carbocycles. The SMILES string of the molecule is CC(=O)Nc1cccc(NC(=O)ON)c1C. The third kappa shape index (κ3) is 2.96. The summed E-state index contributed by atoms with van der Waals surface area (Å²) in [7, 11) is 0. The zero-order valence-electron chi connectivity index (χ0n) is 9.03. The van der Waals surface area contributed by atoms with Crippen LogP contribution >= 0.6 is 0 Å². The summed E-state index contributed by atoms with van der Waals surface area (Å²) in [4.78, 5) is 25.8. The third-order valence-corrected chi connectivity index (χ3v) is 1.99. The fraction of sp³-hybridized carbons (Fsp3) is 0.200. The van der Waals surface area contributed by atoms with Crippen molar-refractivity contribution in [3.63, 3.8) is 0 Å². The molecular formula is C10H13N3O3. The highest BCUT2D eigenvalue weighted by molar-refractivity contribution is 5.92. The molecule has 0 aliphatic carbocycles. The minimum Gasteiger partial charge on any atom is -0.357 e. The lowest BCUT2D eigenvalue weighted by Crippen LogP contribution is -2.18. The van der Waals surface area contributed by atoms with Gasteiger partial charge in [-0.2, -0.15) is 5.90 Å². The van der Waals surface area contributed by atoms with Crippen molar-refractivity contribution in [3.8, 4) is 0 Å². The molecule has 4 N–H and O–H groups in total. The summed E-state index contributed by atoms with van der Waals surface area (Å²) in [5, 5.41) is 5.08. The first-order valence-electron chi connectivity index (χ1n) is 4.59. The van der Waals surface area contributed by atoms with Crippen molar-refractivity contribution >= 4 is 23.4 Å². The van der Waals surface area contributed by atoms with Gasteiger partial charge in [0.15, 0.2) is 0 Å². The summed E-state index contributed by atoms with van der Waals surface area (Å²) >= 11 is 0. The lowest BCUT2D eigenvalue weighted by Gasteiger charge is -2.11. The van der Waals surface area contributed by atoms with E-state index >= 15 is 0 Å². The average molecular weight is 223 g/mol. The molecule has 0 saturated carbocycles. The van der Waals surface area contributed by atoms with E-state index < -0.39 is 6.09 Å². The van der Waals surface area contributed by atoms with Gasteiger partial charge in [0.05, 0.1) is 0 Å². The first-order chi connectivity index (χ1) is 7.54. The van der Waals surface area contributed by atoms with Crippen LogP contribution in [0.4, 0.5) is 16.2 Å². The molecule has 1 rings (SSSR count). The summed E-state index contributed by atoms with van der Waals surface area (Å²) in [5.74, 6) is 4.53. The van der Waals surface area contributed by atoms with Crippen LogP contribution in [0.5, 0.6) is 0 Å². The van der Waals surface area contributed by atoms with Crippen molar-refractivity contribution in [2.24, 2.45) is 5.90 Å². The van der Waals surface area contributed by atoms with E-state index in [1.807, 2.05) is 0 Å².